The average Bonchev–Trinajstić information content (AvgIpc) is 3.55. The summed E-state index contributed by atoms with van der Waals surface area (Å²) in [5.74, 6) is -0.989. The minimum Gasteiger partial charge on any atom is -0.371 e. The third kappa shape index (κ3) is 5.53. The van der Waals surface area contributed by atoms with Gasteiger partial charge >= 0.3 is 0 Å². The maximum atomic E-state index is 14.5. The molecule has 1 aromatic heterocycles. The van der Waals surface area contributed by atoms with Crippen LogP contribution in [0.4, 0.5) is 10.1 Å². The summed E-state index contributed by atoms with van der Waals surface area (Å²) in [6.45, 7) is 3.35. The number of halogens is 1. The Labute approximate surface area is 222 Å². The van der Waals surface area contributed by atoms with E-state index in [-0.39, 0.29) is 23.5 Å². The largest absolute Gasteiger partial charge is 0.371 e. The second kappa shape index (κ2) is 9.99. The number of amides is 1. The quantitative estimate of drug-likeness (QED) is 0.573. The fourth-order valence-electron chi connectivity index (χ4n) is 5.72. The molecule has 2 aromatic rings. The number of nitrogens with one attached hydrogen (secondary N) is 1. The zero-order valence-electron chi connectivity index (χ0n) is 21.2. The molecule has 0 unspecified atom stereocenters. The number of thiazole rings is 1. The van der Waals surface area contributed by atoms with Crippen LogP contribution >= 0.6 is 11.3 Å². The summed E-state index contributed by atoms with van der Waals surface area (Å²) in [5, 5.41) is 12.9. The number of carbonyl (C=O) groups is 1. The van der Waals surface area contributed by atoms with Crippen LogP contribution in [0.1, 0.15) is 61.6 Å². The van der Waals surface area contributed by atoms with Gasteiger partial charge in [0.15, 0.2) is 0 Å². The molecule has 2 heterocycles. The number of benzene rings is 1. The molecule has 10 heteroatoms. The number of aryl methyl sites for hydroxylation is 1. The monoisotopic (exact) mass is 544 g/mol. The fourth-order valence-corrected chi connectivity index (χ4v) is 7.78. The minimum absolute atomic E-state index is 0.149. The standard InChI is InChI=1S/C27H33FN4O3S2/c1-17-30-24(22-8-5-19(28)15-23(22)26(33)31-27(16-29)11-12-27)25(36-17)18-3-6-20(7-4-18)32-13-9-21(10-14-32)37(2,34)35/h3-4,6-7,19,21-23H,5,8-15H2,1-2H3,(H,31,33)/t19-,22+,23+/m0/s1. The van der Waals surface area contributed by atoms with E-state index in [1.807, 2.05) is 6.92 Å². The molecular weight excluding hydrogens is 511 g/mol. The summed E-state index contributed by atoms with van der Waals surface area (Å²) in [6.07, 6.45) is 3.93. The van der Waals surface area contributed by atoms with Gasteiger partial charge in [0.25, 0.3) is 0 Å². The van der Waals surface area contributed by atoms with Crippen LogP contribution in [0.25, 0.3) is 10.4 Å². The van der Waals surface area contributed by atoms with E-state index < -0.39 is 27.5 Å². The summed E-state index contributed by atoms with van der Waals surface area (Å²) < 4.78 is 38.2. The minimum atomic E-state index is -3.01. The van der Waals surface area contributed by atoms with E-state index >= 15 is 0 Å². The number of carbonyl (C=O) groups excluding carboxylic acids is 1. The van der Waals surface area contributed by atoms with Gasteiger partial charge in [-0.2, -0.15) is 5.26 Å². The maximum absolute atomic E-state index is 14.5. The molecule has 3 fully saturated rings. The van der Waals surface area contributed by atoms with Crippen molar-refractivity contribution in [3.63, 3.8) is 0 Å². The van der Waals surface area contributed by atoms with Crippen molar-refractivity contribution in [1.82, 2.24) is 10.3 Å². The number of alkyl halides is 1. The van der Waals surface area contributed by atoms with Crippen LogP contribution in [0.5, 0.6) is 0 Å². The molecule has 7 nitrogen and oxygen atoms in total. The van der Waals surface area contributed by atoms with Crippen molar-refractivity contribution >= 4 is 32.8 Å². The van der Waals surface area contributed by atoms with Crippen LogP contribution in [0.2, 0.25) is 0 Å². The molecule has 0 radical (unpaired) electrons. The van der Waals surface area contributed by atoms with Crippen LogP contribution in [-0.4, -0.2) is 55.6 Å². The van der Waals surface area contributed by atoms with Gasteiger partial charge in [0, 0.05) is 36.9 Å². The van der Waals surface area contributed by atoms with E-state index in [4.69, 9.17) is 4.98 Å². The lowest BCUT2D eigenvalue weighted by atomic mass is 9.75. The Morgan fingerprint density at radius 2 is 1.86 bits per heavy atom. The Kier molecular flexibility index (Phi) is 7.05. The molecule has 3 aliphatic rings. The number of rotatable bonds is 6. The fraction of sp³-hybridized carbons (Fsp3) is 0.593. The highest BCUT2D eigenvalue weighted by Crippen LogP contribution is 2.45. The highest BCUT2D eigenvalue weighted by Gasteiger charge is 2.48. The number of aromatic nitrogens is 1. The molecule has 0 bridgehead atoms. The Morgan fingerprint density at radius 1 is 1.19 bits per heavy atom. The van der Waals surface area contributed by atoms with Crippen molar-refractivity contribution in [3.8, 4) is 16.5 Å². The summed E-state index contributed by atoms with van der Waals surface area (Å²) in [7, 11) is -3.01. The van der Waals surface area contributed by atoms with Gasteiger partial charge in [0.05, 0.1) is 26.9 Å². The molecule has 3 atom stereocenters. The van der Waals surface area contributed by atoms with Crippen molar-refractivity contribution < 1.29 is 17.6 Å². The molecular formula is C27H33FN4O3S2. The Balaban J connectivity index is 1.36. The maximum Gasteiger partial charge on any atom is 0.225 e. The van der Waals surface area contributed by atoms with Crippen LogP contribution in [-0.2, 0) is 14.6 Å². The van der Waals surface area contributed by atoms with Crippen molar-refractivity contribution in [2.75, 3.05) is 24.2 Å². The van der Waals surface area contributed by atoms with E-state index in [2.05, 4.69) is 40.6 Å². The molecule has 2 aliphatic carbocycles. The highest BCUT2D eigenvalue weighted by molar-refractivity contribution is 7.91. The normalized spacial score (nSPS) is 25.9. The summed E-state index contributed by atoms with van der Waals surface area (Å²) in [4.78, 5) is 21.3. The molecule has 0 spiro atoms. The molecule has 37 heavy (non-hydrogen) atoms. The smallest absolute Gasteiger partial charge is 0.225 e. The second-order valence-corrected chi connectivity index (χ2v) is 14.3. The van der Waals surface area contributed by atoms with Crippen molar-refractivity contribution in [2.45, 2.75) is 74.7 Å². The van der Waals surface area contributed by atoms with E-state index in [0.29, 0.717) is 51.6 Å². The van der Waals surface area contributed by atoms with Crippen LogP contribution in [0, 0.1) is 24.2 Å². The van der Waals surface area contributed by atoms with Gasteiger partial charge in [0.2, 0.25) is 5.91 Å². The number of nitriles is 1. The van der Waals surface area contributed by atoms with E-state index in [1.165, 1.54) is 6.26 Å². The average molecular weight is 545 g/mol. The first-order chi connectivity index (χ1) is 17.6. The first-order valence-corrected chi connectivity index (χ1v) is 15.7. The first-order valence-electron chi connectivity index (χ1n) is 13.0. The van der Waals surface area contributed by atoms with Crippen molar-refractivity contribution in [3.05, 3.63) is 35.0 Å². The van der Waals surface area contributed by atoms with Crippen molar-refractivity contribution in [2.24, 2.45) is 5.92 Å². The molecule has 1 amide bonds. The SMILES string of the molecule is Cc1nc([C@@H]2CC[C@H](F)C[C@H]2C(=O)NC2(C#N)CC2)c(-c2ccc(N3CCC(S(C)(=O)=O)CC3)cc2)s1. The molecule has 1 aromatic carbocycles. The lowest BCUT2D eigenvalue weighted by Crippen LogP contribution is -2.44. The van der Waals surface area contributed by atoms with Gasteiger partial charge in [-0.25, -0.2) is 17.8 Å². The highest BCUT2D eigenvalue weighted by atomic mass is 32.2. The number of anilines is 1. The number of piperidine rings is 1. The lowest BCUT2D eigenvalue weighted by molar-refractivity contribution is -0.128. The van der Waals surface area contributed by atoms with Crippen molar-refractivity contribution in [1.29, 1.82) is 5.26 Å². The van der Waals surface area contributed by atoms with Crippen LogP contribution in [0.15, 0.2) is 24.3 Å². The lowest BCUT2D eigenvalue weighted by Gasteiger charge is -2.33. The summed E-state index contributed by atoms with van der Waals surface area (Å²) in [6, 6.07) is 10.4. The molecule has 1 aliphatic heterocycles. The topological polar surface area (TPSA) is 103 Å². The Bertz CT molecular complexity index is 1310. The van der Waals surface area contributed by atoms with E-state index in [1.54, 1.807) is 11.3 Å². The third-order valence-electron chi connectivity index (χ3n) is 8.10. The second-order valence-electron chi connectivity index (χ2n) is 10.8. The van der Waals surface area contributed by atoms with Crippen LogP contribution in [0.3, 0.4) is 0 Å². The number of hydrogen-bond donors (Lipinski definition) is 1. The summed E-state index contributed by atoms with van der Waals surface area (Å²) >= 11 is 1.58. The van der Waals surface area contributed by atoms with Crippen LogP contribution < -0.4 is 10.2 Å². The number of hydrogen-bond acceptors (Lipinski definition) is 7. The van der Waals surface area contributed by atoms with E-state index in [9.17, 15) is 22.9 Å². The molecule has 1 N–H and O–H groups in total. The van der Waals surface area contributed by atoms with Gasteiger partial charge in [-0.3, -0.25) is 4.79 Å². The van der Waals surface area contributed by atoms with Gasteiger partial charge in [-0.15, -0.1) is 11.3 Å². The summed E-state index contributed by atoms with van der Waals surface area (Å²) in [5.41, 5.74) is 2.13. The predicted octanol–water partition coefficient (Wildman–Crippen LogP) is 4.53. The van der Waals surface area contributed by atoms with Gasteiger partial charge in [0.1, 0.15) is 21.5 Å². The number of sulfone groups is 1. The van der Waals surface area contributed by atoms with E-state index in [0.717, 1.165) is 26.8 Å². The van der Waals surface area contributed by atoms with Gasteiger partial charge in [-0.05, 0) is 69.6 Å². The third-order valence-corrected chi connectivity index (χ3v) is 10.8. The number of nitrogens with zero attached hydrogens (tertiary/aromatic N) is 3. The molecule has 2 saturated carbocycles. The zero-order valence-corrected chi connectivity index (χ0v) is 22.9. The Hall–Kier alpha value is -2.51. The first kappa shape index (κ1) is 26.1. The molecule has 5 rings (SSSR count). The molecule has 198 valence electrons. The Morgan fingerprint density at radius 3 is 2.46 bits per heavy atom. The molecule has 1 saturated heterocycles. The zero-order chi connectivity index (χ0) is 26.4. The predicted molar refractivity (Wildman–Crippen MR) is 143 cm³/mol. The van der Waals surface area contributed by atoms with Gasteiger partial charge in [-0.1, -0.05) is 12.1 Å². The van der Waals surface area contributed by atoms with Gasteiger partial charge < -0.3 is 10.2 Å².